The smallest absolute Gasteiger partial charge is 0.308 e. The molecule has 0 bridgehead atoms. The molecule has 2 rings (SSSR count). The van der Waals surface area contributed by atoms with Crippen molar-refractivity contribution in [3.05, 3.63) is 11.1 Å². The van der Waals surface area contributed by atoms with E-state index >= 15 is 0 Å². The highest BCUT2D eigenvalue weighted by atomic mass is 16.6. The number of ether oxygens (including phenoxy) is 5. The fourth-order valence-electron chi connectivity index (χ4n) is 3.32. The summed E-state index contributed by atoms with van der Waals surface area (Å²) in [7, 11) is 2.81. The molecule has 1 aromatic rings. The van der Waals surface area contributed by atoms with E-state index in [-0.39, 0.29) is 29.0 Å². The minimum absolute atomic E-state index is 0.156. The molecule has 1 aromatic carbocycles. The van der Waals surface area contributed by atoms with Gasteiger partial charge in [-0.05, 0) is 33.1 Å². The van der Waals surface area contributed by atoms with Gasteiger partial charge in [0.25, 0.3) is 0 Å². The molecule has 1 aliphatic rings. The summed E-state index contributed by atoms with van der Waals surface area (Å²) in [6.07, 6.45) is 1.89. The number of hydrogen-bond acceptors (Lipinski definition) is 8. The molecule has 1 unspecified atom stereocenters. The average molecular weight is 394 g/mol. The molecule has 0 saturated carbocycles. The number of esters is 3. The standard InChI is InChI=1S/C20H26O8/c1-11-14(7-9-20(4)10-8-15(23)28-20)17(27-13(3)22)19(25-6)18(24-5)16(11)26-12(2)21/h7-10H2,1-6H3. The molecule has 8 heteroatoms. The number of methoxy groups -OCH3 is 2. The Balaban J connectivity index is 2.57. The molecule has 0 spiro atoms. The van der Waals surface area contributed by atoms with Crippen molar-refractivity contribution in [1.82, 2.24) is 0 Å². The van der Waals surface area contributed by atoms with Gasteiger partial charge >= 0.3 is 17.9 Å². The Bertz CT molecular complexity index is 798. The summed E-state index contributed by atoms with van der Waals surface area (Å²) in [4.78, 5) is 34.8. The Hall–Kier alpha value is -2.77. The van der Waals surface area contributed by atoms with Gasteiger partial charge in [0, 0.05) is 31.4 Å². The molecule has 8 nitrogen and oxygen atoms in total. The molecule has 154 valence electrons. The van der Waals surface area contributed by atoms with Crippen molar-refractivity contribution < 1.29 is 38.1 Å². The zero-order valence-corrected chi connectivity index (χ0v) is 17.1. The second kappa shape index (κ2) is 8.50. The molecule has 28 heavy (non-hydrogen) atoms. The summed E-state index contributed by atoms with van der Waals surface area (Å²) in [6.45, 7) is 6.17. The summed E-state index contributed by atoms with van der Waals surface area (Å²) < 4.78 is 27.0. The molecule has 0 aromatic heterocycles. The lowest BCUT2D eigenvalue weighted by molar-refractivity contribution is -0.147. The van der Waals surface area contributed by atoms with Gasteiger partial charge < -0.3 is 23.7 Å². The van der Waals surface area contributed by atoms with Crippen molar-refractivity contribution in [2.75, 3.05) is 14.2 Å². The van der Waals surface area contributed by atoms with Crippen LogP contribution in [-0.4, -0.2) is 37.7 Å². The van der Waals surface area contributed by atoms with Crippen molar-refractivity contribution in [3.63, 3.8) is 0 Å². The van der Waals surface area contributed by atoms with Gasteiger partial charge in [-0.1, -0.05) is 0 Å². The molecule has 0 aliphatic carbocycles. The Labute approximate surface area is 164 Å². The van der Waals surface area contributed by atoms with Crippen LogP contribution in [0, 0.1) is 6.92 Å². The lowest BCUT2D eigenvalue weighted by Gasteiger charge is -2.25. The van der Waals surface area contributed by atoms with Gasteiger partial charge in [-0.2, -0.15) is 0 Å². The quantitative estimate of drug-likeness (QED) is 0.514. The summed E-state index contributed by atoms with van der Waals surface area (Å²) in [5, 5.41) is 0. The van der Waals surface area contributed by atoms with Crippen molar-refractivity contribution >= 4 is 17.9 Å². The molecule has 0 N–H and O–H groups in total. The first-order valence-electron chi connectivity index (χ1n) is 8.98. The van der Waals surface area contributed by atoms with Crippen molar-refractivity contribution in [2.45, 2.75) is 59.0 Å². The van der Waals surface area contributed by atoms with E-state index in [1.165, 1.54) is 28.1 Å². The van der Waals surface area contributed by atoms with Gasteiger partial charge in [0.05, 0.1) is 14.2 Å². The maximum atomic E-state index is 11.7. The van der Waals surface area contributed by atoms with Crippen LogP contribution in [-0.2, 0) is 25.5 Å². The van der Waals surface area contributed by atoms with Gasteiger partial charge in [-0.15, -0.1) is 0 Å². The summed E-state index contributed by atoms with van der Waals surface area (Å²) in [5.74, 6) is -0.560. The van der Waals surface area contributed by atoms with Crippen LogP contribution < -0.4 is 18.9 Å². The van der Waals surface area contributed by atoms with Gasteiger partial charge in [-0.25, -0.2) is 0 Å². The number of rotatable bonds is 7. The number of hydrogen-bond donors (Lipinski definition) is 0. The van der Waals surface area contributed by atoms with Crippen LogP contribution in [0.15, 0.2) is 0 Å². The molecular formula is C20H26O8. The van der Waals surface area contributed by atoms with Gasteiger partial charge in [0.1, 0.15) is 5.60 Å². The van der Waals surface area contributed by atoms with Gasteiger partial charge in [0.15, 0.2) is 11.5 Å². The highest BCUT2D eigenvalue weighted by Crippen LogP contribution is 2.50. The Morgan fingerprint density at radius 2 is 1.54 bits per heavy atom. The first kappa shape index (κ1) is 21.5. The van der Waals surface area contributed by atoms with Crippen LogP contribution in [0.3, 0.4) is 0 Å². The van der Waals surface area contributed by atoms with Crippen molar-refractivity contribution in [3.8, 4) is 23.0 Å². The van der Waals surface area contributed by atoms with E-state index in [4.69, 9.17) is 23.7 Å². The average Bonchev–Trinajstić information content (AvgIpc) is 2.95. The first-order valence-corrected chi connectivity index (χ1v) is 8.98. The second-order valence-corrected chi connectivity index (χ2v) is 6.94. The third-order valence-electron chi connectivity index (χ3n) is 4.71. The van der Waals surface area contributed by atoms with Crippen LogP contribution in [0.4, 0.5) is 0 Å². The number of cyclic esters (lactones) is 1. The zero-order chi connectivity index (χ0) is 21.1. The molecule has 1 saturated heterocycles. The lowest BCUT2D eigenvalue weighted by atomic mass is 9.91. The van der Waals surface area contributed by atoms with Crippen LogP contribution in [0.1, 0.15) is 51.2 Å². The predicted molar refractivity (Wildman–Crippen MR) is 99.0 cm³/mol. The number of benzene rings is 1. The van der Waals surface area contributed by atoms with Gasteiger partial charge in [0.2, 0.25) is 11.5 Å². The third-order valence-corrected chi connectivity index (χ3v) is 4.71. The topological polar surface area (TPSA) is 97.4 Å². The van der Waals surface area contributed by atoms with E-state index in [1.54, 1.807) is 6.92 Å². The molecule has 1 fully saturated rings. The van der Waals surface area contributed by atoms with Crippen molar-refractivity contribution in [2.24, 2.45) is 0 Å². The monoisotopic (exact) mass is 394 g/mol. The molecule has 1 aliphatic heterocycles. The first-order chi connectivity index (χ1) is 13.1. The Morgan fingerprint density at radius 1 is 1.00 bits per heavy atom. The van der Waals surface area contributed by atoms with E-state index in [9.17, 15) is 14.4 Å². The van der Waals surface area contributed by atoms with Crippen LogP contribution in [0.2, 0.25) is 0 Å². The van der Waals surface area contributed by atoms with Gasteiger partial charge in [-0.3, -0.25) is 14.4 Å². The molecule has 0 radical (unpaired) electrons. The van der Waals surface area contributed by atoms with Crippen LogP contribution >= 0.6 is 0 Å². The lowest BCUT2D eigenvalue weighted by Crippen LogP contribution is -2.25. The largest absolute Gasteiger partial charge is 0.490 e. The maximum absolute atomic E-state index is 11.7. The number of carbonyl (C=O) groups is 3. The fourth-order valence-corrected chi connectivity index (χ4v) is 3.32. The zero-order valence-electron chi connectivity index (χ0n) is 17.1. The van der Waals surface area contributed by atoms with Crippen LogP contribution in [0.25, 0.3) is 0 Å². The predicted octanol–water partition coefficient (Wildman–Crippen LogP) is 2.89. The molecule has 1 heterocycles. The second-order valence-electron chi connectivity index (χ2n) is 6.94. The fraction of sp³-hybridized carbons (Fsp3) is 0.550. The van der Waals surface area contributed by atoms with Crippen molar-refractivity contribution in [1.29, 1.82) is 0 Å². The SMILES string of the molecule is COc1c(OC(C)=O)c(C)c(CCC2(C)CCC(=O)O2)c(OC(C)=O)c1OC. The third kappa shape index (κ3) is 4.55. The van der Waals surface area contributed by atoms with Crippen LogP contribution in [0.5, 0.6) is 23.0 Å². The summed E-state index contributed by atoms with van der Waals surface area (Å²) >= 11 is 0. The van der Waals surface area contributed by atoms with E-state index in [1.807, 2.05) is 6.92 Å². The van der Waals surface area contributed by atoms with E-state index < -0.39 is 17.5 Å². The highest BCUT2D eigenvalue weighted by molar-refractivity contribution is 5.78. The highest BCUT2D eigenvalue weighted by Gasteiger charge is 2.36. The molecular weight excluding hydrogens is 368 g/mol. The van der Waals surface area contributed by atoms with E-state index in [0.29, 0.717) is 36.8 Å². The summed E-state index contributed by atoms with van der Waals surface area (Å²) in [6, 6.07) is 0. The molecule has 0 amide bonds. The van der Waals surface area contributed by atoms with E-state index in [0.717, 1.165) is 0 Å². The minimum atomic E-state index is -0.605. The number of carbonyl (C=O) groups excluding carboxylic acids is 3. The molecule has 1 atom stereocenters. The minimum Gasteiger partial charge on any atom is -0.490 e. The Morgan fingerprint density at radius 3 is 2.00 bits per heavy atom. The maximum Gasteiger partial charge on any atom is 0.308 e. The Kier molecular flexibility index (Phi) is 6.53. The summed E-state index contributed by atoms with van der Waals surface area (Å²) in [5.41, 5.74) is 0.594. The normalized spacial score (nSPS) is 18.4. The van der Waals surface area contributed by atoms with E-state index in [2.05, 4.69) is 0 Å².